The Labute approximate surface area is 108 Å². The summed E-state index contributed by atoms with van der Waals surface area (Å²) in [6, 6.07) is 0. The van der Waals surface area contributed by atoms with Crippen molar-refractivity contribution >= 4 is 11.9 Å². The van der Waals surface area contributed by atoms with Gasteiger partial charge in [0.1, 0.15) is 0 Å². The van der Waals surface area contributed by atoms with Crippen LogP contribution in [0, 0.1) is 23.7 Å². The molecule has 4 atom stereocenters. The van der Waals surface area contributed by atoms with E-state index in [1.165, 1.54) is 19.3 Å². The zero-order valence-electron chi connectivity index (χ0n) is 11.3. The molecule has 2 rings (SSSR count). The lowest BCUT2D eigenvalue weighted by atomic mass is 9.94. The number of likely N-dealkylation sites (tertiary alicyclic amines) is 1. The predicted molar refractivity (Wildman–Crippen MR) is 68.0 cm³/mol. The topological polar surface area (TPSA) is 57.6 Å². The number of carbonyl (C=O) groups excluding carboxylic acids is 1. The van der Waals surface area contributed by atoms with Crippen LogP contribution in [0.4, 0.5) is 0 Å². The van der Waals surface area contributed by atoms with Gasteiger partial charge in [-0.3, -0.25) is 9.59 Å². The van der Waals surface area contributed by atoms with Crippen molar-refractivity contribution in [3.8, 4) is 0 Å². The van der Waals surface area contributed by atoms with Crippen molar-refractivity contribution in [2.24, 2.45) is 23.7 Å². The Balaban J connectivity index is 1.98. The lowest BCUT2D eigenvalue weighted by Gasteiger charge is -2.29. The molecule has 1 heterocycles. The van der Waals surface area contributed by atoms with Crippen LogP contribution in [0.25, 0.3) is 0 Å². The summed E-state index contributed by atoms with van der Waals surface area (Å²) in [5.41, 5.74) is 0. The second-order valence-electron chi connectivity index (χ2n) is 6.03. The number of aliphatic carboxylic acids is 1. The van der Waals surface area contributed by atoms with Crippen molar-refractivity contribution in [3.05, 3.63) is 0 Å². The molecular formula is C14H23NO3. The van der Waals surface area contributed by atoms with E-state index >= 15 is 0 Å². The molecule has 1 saturated carbocycles. The maximum atomic E-state index is 12.3. The summed E-state index contributed by atoms with van der Waals surface area (Å²) >= 11 is 0. The Morgan fingerprint density at radius 1 is 1.11 bits per heavy atom. The van der Waals surface area contributed by atoms with E-state index in [-0.39, 0.29) is 5.91 Å². The molecule has 4 nitrogen and oxygen atoms in total. The van der Waals surface area contributed by atoms with Crippen LogP contribution in [-0.4, -0.2) is 35.0 Å². The Kier molecular flexibility index (Phi) is 3.93. The molecule has 1 saturated heterocycles. The van der Waals surface area contributed by atoms with E-state index in [0.29, 0.717) is 5.92 Å². The summed E-state index contributed by atoms with van der Waals surface area (Å²) in [5, 5.41) is 8.99. The maximum Gasteiger partial charge on any atom is 0.307 e. The number of nitrogens with zero attached hydrogens (tertiary/aromatic N) is 1. The summed E-state index contributed by atoms with van der Waals surface area (Å²) in [7, 11) is 0. The van der Waals surface area contributed by atoms with E-state index in [1.54, 1.807) is 13.8 Å². The third-order valence-corrected chi connectivity index (χ3v) is 4.78. The van der Waals surface area contributed by atoms with Crippen molar-refractivity contribution in [1.29, 1.82) is 0 Å². The number of rotatable bonds is 3. The first-order chi connectivity index (χ1) is 8.49. The monoisotopic (exact) mass is 253 g/mol. The van der Waals surface area contributed by atoms with Gasteiger partial charge in [-0.05, 0) is 31.1 Å². The smallest absolute Gasteiger partial charge is 0.307 e. The predicted octanol–water partition coefficient (Wildman–Crippen LogP) is 1.99. The van der Waals surface area contributed by atoms with Crippen LogP contribution >= 0.6 is 0 Å². The molecule has 2 bridgehead atoms. The van der Waals surface area contributed by atoms with Gasteiger partial charge in [0.05, 0.1) is 5.92 Å². The van der Waals surface area contributed by atoms with Gasteiger partial charge < -0.3 is 10.0 Å². The number of carboxylic acid groups (broad SMARTS) is 1. The SMILES string of the molecule is CC(C(=O)O)C(C)C(=O)N1CCC2CCC(C2)C1. The largest absolute Gasteiger partial charge is 0.481 e. The molecule has 1 amide bonds. The number of hydrogen-bond acceptors (Lipinski definition) is 2. The summed E-state index contributed by atoms with van der Waals surface area (Å²) < 4.78 is 0. The highest BCUT2D eigenvalue weighted by atomic mass is 16.4. The molecule has 1 aliphatic heterocycles. The average Bonchev–Trinajstić information content (AvgIpc) is 2.66. The normalized spacial score (nSPS) is 30.7. The van der Waals surface area contributed by atoms with Gasteiger partial charge in [0, 0.05) is 19.0 Å². The van der Waals surface area contributed by atoms with Crippen molar-refractivity contribution < 1.29 is 14.7 Å². The van der Waals surface area contributed by atoms with Crippen molar-refractivity contribution in [1.82, 2.24) is 4.90 Å². The zero-order chi connectivity index (χ0) is 13.3. The first-order valence-electron chi connectivity index (χ1n) is 7.00. The van der Waals surface area contributed by atoms with Gasteiger partial charge in [0.15, 0.2) is 0 Å². The summed E-state index contributed by atoms with van der Waals surface area (Å²) in [6.07, 6.45) is 4.90. The van der Waals surface area contributed by atoms with Gasteiger partial charge >= 0.3 is 5.97 Å². The van der Waals surface area contributed by atoms with Gasteiger partial charge in [-0.1, -0.05) is 20.3 Å². The summed E-state index contributed by atoms with van der Waals surface area (Å²) in [6.45, 7) is 5.02. The molecule has 18 heavy (non-hydrogen) atoms. The van der Waals surface area contributed by atoms with Gasteiger partial charge in [-0.25, -0.2) is 0 Å². The molecule has 0 aromatic carbocycles. The summed E-state index contributed by atoms with van der Waals surface area (Å²) in [5.74, 6) is -0.435. The van der Waals surface area contributed by atoms with Crippen LogP contribution in [0.2, 0.25) is 0 Å². The van der Waals surface area contributed by atoms with Gasteiger partial charge in [0.25, 0.3) is 0 Å². The van der Waals surface area contributed by atoms with Crippen LogP contribution in [0.5, 0.6) is 0 Å². The van der Waals surface area contributed by atoms with Crippen LogP contribution in [0.1, 0.15) is 39.5 Å². The van der Waals surface area contributed by atoms with E-state index in [9.17, 15) is 9.59 Å². The highest BCUT2D eigenvalue weighted by Gasteiger charge is 2.35. The number of fused-ring (bicyclic) bond motifs is 2. The average molecular weight is 253 g/mol. The quantitative estimate of drug-likeness (QED) is 0.837. The lowest BCUT2D eigenvalue weighted by Crippen LogP contribution is -2.41. The second-order valence-corrected chi connectivity index (χ2v) is 6.03. The molecule has 0 aromatic heterocycles. The van der Waals surface area contributed by atoms with E-state index in [0.717, 1.165) is 25.4 Å². The molecule has 2 aliphatic rings. The Morgan fingerprint density at radius 3 is 2.44 bits per heavy atom. The third kappa shape index (κ3) is 2.68. The fourth-order valence-electron chi connectivity index (χ4n) is 3.26. The Bertz CT molecular complexity index is 342. The first kappa shape index (κ1) is 13.4. The van der Waals surface area contributed by atoms with Crippen molar-refractivity contribution in [2.45, 2.75) is 39.5 Å². The van der Waals surface area contributed by atoms with Crippen LogP contribution in [0.15, 0.2) is 0 Å². The molecule has 0 spiro atoms. The van der Waals surface area contributed by atoms with E-state index in [4.69, 9.17) is 5.11 Å². The van der Waals surface area contributed by atoms with Gasteiger partial charge in [-0.2, -0.15) is 0 Å². The second kappa shape index (κ2) is 5.29. The molecule has 1 N–H and O–H groups in total. The molecule has 4 unspecified atom stereocenters. The van der Waals surface area contributed by atoms with Crippen molar-refractivity contribution in [3.63, 3.8) is 0 Å². The number of carboxylic acids is 1. The van der Waals surface area contributed by atoms with Crippen molar-refractivity contribution in [2.75, 3.05) is 13.1 Å². The fraction of sp³-hybridized carbons (Fsp3) is 0.857. The summed E-state index contributed by atoms with van der Waals surface area (Å²) in [4.78, 5) is 25.2. The minimum absolute atomic E-state index is 0.0254. The first-order valence-corrected chi connectivity index (χ1v) is 7.00. The van der Waals surface area contributed by atoms with E-state index in [2.05, 4.69) is 0 Å². The molecular weight excluding hydrogens is 230 g/mol. The molecule has 4 heteroatoms. The van der Waals surface area contributed by atoms with Crippen LogP contribution < -0.4 is 0 Å². The molecule has 0 aromatic rings. The Morgan fingerprint density at radius 2 is 1.78 bits per heavy atom. The molecule has 0 radical (unpaired) electrons. The van der Waals surface area contributed by atoms with Gasteiger partial charge in [-0.15, -0.1) is 0 Å². The molecule has 2 fully saturated rings. The minimum atomic E-state index is -0.882. The van der Waals surface area contributed by atoms with E-state index < -0.39 is 17.8 Å². The van der Waals surface area contributed by atoms with Gasteiger partial charge in [0.2, 0.25) is 5.91 Å². The number of amides is 1. The Hall–Kier alpha value is -1.06. The fourth-order valence-corrected chi connectivity index (χ4v) is 3.26. The minimum Gasteiger partial charge on any atom is -0.481 e. The lowest BCUT2D eigenvalue weighted by molar-refractivity contribution is -0.149. The number of carbonyl (C=O) groups is 2. The van der Waals surface area contributed by atoms with Crippen LogP contribution in [0.3, 0.4) is 0 Å². The number of hydrogen-bond donors (Lipinski definition) is 1. The zero-order valence-corrected chi connectivity index (χ0v) is 11.3. The molecule has 102 valence electrons. The van der Waals surface area contributed by atoms with Crippen LogP contribution in [-0.2, 0) is 9.59 Å². The highest BCUT2D eigenvalue weighted by Crippen LogP contribution is 2.36. The molecule has 1 aliphatic carbocycles. The maximum absolute atomic E-state index is 12.3. The third-order valence-electron chi connectivity index (χ3n) is 4.78. The standard InChI is InChI=1S/C14H23NO3/c1-9(10(2)14(17)18)13(16)15-6-5-11-3-4-12(7-11)8-15/h9-12H,3-8H2,1-2H3,(H,17,18). The van der Waals surface area contributed by atoms with E-state index in [1.807, 2.05) is 4.90 Å². The highest BCUT2D eigenvalue weighted by molar-refractivity contribution is 5.84.